The zero-order valence-electron chi connectivity index (χ0n) is 26.8. The molecule has 0 aliphatic carbocycles. The van der Waals surface area contributed by atoms with Gasteiger partial charge in [0, 0.05) is 43.6 Å². The fraction of sp³-hybridized carbons (Fsp3) is 0.0930. The Morgan fingerprint density at radius 3 is 2.17 bits per heavy atom. The van der Waals surface area contributed by atoms with Crippen molar-refractivity contribution in [3.8, 4) is 33.6 Å². The molecule has 4 heterocycles. The van der Waals surface area contributed by atoms with Crippen LogP contribution >= 0.6 is 0 Å². The SMILES string of the molecule is Cc1ccc(-c2[c-]cccc2)nc1.Cc1ccccc1-c1ccc(-c2[c-]ccc3c2oc2nc(CCc4ccccc4)ccc23)nc1.[Ir]. The molecule has 0 fully saturated rings. The summed E-state index contributed by atoms with van der Waals surface area (Å²) in [4.78, 5) is 13.9. The maximum absolute atomic E-state index is 6.28. The molecule has 1 radical (unpaired) electrons. The maximum atomic E-state index is 6.28. The minimum absolute atomic E-state index is 0. The van der Waals surface area contributed by atoms with Crippen LogP contribution in [0.15, 0.2) is 144 Å². The smallest absolute Gasteiger partial charge is 0.216 e. The van der Waals surface area contributed by atoms with Gasteiger partial charge in [-0.25, -0.2) is 4.98 Å². The number of rotatable bonds is 6. The number of hydrogen-bond donors (Lipinski definition) is 0. The average molecular weight is 800 g/mol. The van der Waals surface area contributed by atoms with Gasteiger partial charge >= 0.3 is 0 Å². The fourth-order valence-corrected chi connectivity index (χ4v) is 5.68. The van der Waals surface area contributed by atoms with E-state index in [1.54, 1.807) is 0 Å². The van der Waals surface area contributed by atoms with Crippen LogP contribution in [-0.4, -0.2) is 15.0 Å². The minimum atomic E-state index is 0. The van der Waals surface area contributed by atoms with Gasteiger partial charge in [0.25, 0.3) is 0 Å². The second kappa shape index (κ2) is 15.1. The number of hydrogen-bond acceptors (Lipinski definition) is 4. The van der Waals surface area contributed by atoms with Crippen molar-refractivity contribution < 1.29 is 24.5 Å². The van der Waals surface area contributed by atoms with E-state index in [4.69, 9.17) is 14.4 Å². The monoisotopic (exact) mass is 800 g/mol. The Balaban J connectivity index is 0.000000241. The third kappa shape index (κ3) is 7.34. The predicted octanol–water partition coefficient (Wildman–Crippen LogP) is 10.5. The van der Waals surface area contributed by atoms with Gasteiger partial charge in [0.15, 0.2) is 0 Å². The van der Waals surface area contributed by atoms with Gasteiger partial charge in [0.1, 0.15) is 0 Å². The first kappa shape index (κ1) is 32.7. The van der Waals surface area contributed by atoms with Gasteiger partial charge < -0.3 is 14.4 Å². The Hall–Kier alpha value is -5.22. The summed E-state index contributed by atoms with van der Waals surface area (Å²) in [5, 5.41) is 2.06. The molecule has 0 atom stereocenters. The zero-order chi connectivity index (χ0) is 32.0. The Morgan fingerprint density at radius 2 is 1.42 bits per heavy atom. The van der Waals surface area contributed by atoms with Crippen LogP contribution in [-0.2, 0) is 32.9 Å². The van der Waals surface area contributed by atoms with Crippen molar-refractivity contribution in [2.24, 2.45) is 0 Å². The molecule has 8 aromatic rings. The molecule has 0 saturated heterocycles. The Labute approximate surface area is 294 Å². The van der Waals surface area contributed by atoms with E-state index >= 15 is 0 Å². The summed E-state index contributed by atoms with van der Waals surface area (Å²) >= 11 is 0. The molecule has 5 heteroatoms. The number of aryl methyl sites for hydroxylation is 4. The molecule has 8 rings (SSSR count). The van der Waals surface area contributed by atoms with Crippen molar-refractivity contribution in [1.29, 1.82) is 0 Å². The Morgan fingerprint density at radius 1 is 0.625 bits per heavy atom. The molecular weight excluding hydrogens is 767 g/mol. The molecule has 4 aromatic carbocycles. The van der Waals surface area contributed by atoms with E-state index in [1.807, 2.05) is 73.9 Å². The molecule has 0 unspecified atom stereocenters. The number of nitrogens with zero attached hydrogens (tertiary/aromatic N) is 3. The fourth-order valence-electron chi connectivity index (χ4n) is 5.68. The van der Waals surface area contributed by atoms with Gasteiger partial charge in [0.2, 0.25) is 5.71 Å². The minimum Gasteiger partial charge on any atom is -0.486 e. The third-order valence-electron chi connectivity index (χ3n) is 8.24. The number of pyridine rings is 3. The van der Waals surface area contributed by atoms with Gasteiger partial charge in [-0.3, -0.25) is 0 Å². The third-order valence-corrected chi connectivity index (χ3v) is 8.24. The van der Waals surface area contributed by atoms with E-state index < -0.39 is 0 Å². The maximum Gasteiger partial charge on any atom is 0.216 e. The number of fused-ring (bicyclic) bond motifs is 3. The molecule has 0 spiro atoms. The summed E-state index contributed by atoms with van der Waals surface area (Å²) in [6.45, 7) is 4.15. The summed E-state index contributed by atoms with van der Waals surface area (Å²) in [6, 6.07) is 49.6. The van der Waals surface area contributed by atoms with E-state index in [1.165, 1.54) is 22.3 Å². The van der Waals surface area contributed by atoms with Crippen LogP contribution < -0.4 is 0 Å². The first-order chi connectivity index (χ1) is 23.1. The van der Waals surface area contributed by atoms with Crippen molar-refractivity contribution >= 4 is 22.1 Å². The standard InChI is InChI=1S/C31H23N2O.C12H10N.Ir/c1-21-8-5-6-11-25(21)23-15-19-29(32-20-23)28-13-7-12-26-27-18-17-24(33-31(27)34-30(26)28)16-14-22-9-3-2-4-10-22;1-10-7-8-12(13-9-10)11-5-3-2-4-6-11;/h2-12,15,17-20H,14,16H2,1H3;2-5,7-9H,1H3;/q2*-1;. The number of furan rings is 1. The molecule has 4 aromatic heterocycles. The van der Waals surface area contributed by atoms with E-state index in [-0.39, 0.29) is 20.1 Å². The zero-order valence-corrected chi connectivity index (χ0v) is 29.2. The second-order valence-electron chi connectivity index (χ2n) is 11.6. The molecule has 0 amide bonds. The van der Waals surface area contributed by atoms with Crippen LogP contribution in [0.2, 0.25) is 0 Å². The van der Waals surface area contributed by atoms with E-state index in [9.17, 15) is 0 Å². The quantitative estimate of drug-likeness (QED) is 0.157. The molecule has 0 N–H and O–H groups in total. The van der Waals surface area contributed by atoms with Crippen molar-refractivity contribution in [2.75, 3.05) is 0 Å². The van der Waals surface area contributed by atoms with Crippen molar-refractivity contribution in [1.82, 2.24) is 15.0 Å². The molecule has 0 saturated carbocycles. The summed E-state index contributed by atoms with van der Waals surface area (Å²) in [6.07, 6.45) is 5.62. The van der Waals surface area contributed by atoms with Crippen LogP contribution in [0.1, 0.15) is 22.4 Å². The Bertz CT molecular complexity index is 2250. The summed E-state index contributed by atoms with van der Waals surface area (Å²) in [5.41, 5.74) is 12.2. The van der Waals surface area contributed by atoms with Crippen LogP contribution in [0.4, 0.5) is 0 Å². The Kier molecular flexibility index (Phi) is 10.3. The van der Waals surface area contributed by atoms with Gasteiger partial charge in [0.05, 0.1) is 5.58 Å². The van der Waals surface area contributed by atoms with Gasteiger partial charge in [-0.05, 0) is 78.0 Å². The van der Waals surface area contributed by atoms with Gasteiger partial charge in [-0.15, -0.1) is 54.1 Å². The second-order valence-corrected chi connectivity index (χ2v) is 11.6. The molecular formula is C43H33IrN3O-2. The normalized spacial score (nSPS) is 10.7. The van der Waals surface area contributed by atoms with Crippen molar-refractivity contribution in [3.63, 3.8) is 0 Å². The topological polar surface area (TPSA) is 51.8 Å². The summed E-state index contributed by atoms with van der Waals surface area (Å²) in [5.74, 6) is 0. The number of aromatic nitrogens is 3. The van der Waals surface area contributed by atoms with Crippen LogP contribution in [0.25, 0.3) is 55.7 Å². The molecule has 237 valence electrons. The van der Waals surface area contributed by atoms with Crippen LogP contribution in [0.5, 0.6) is 0 Å². The summed E-state index contributed by atoms with van der Waals surface area (Å²) < 4.78 is 6.28. The molecule has 0 bridgehead atoms. The summed E-state index contributed by atoms with van der Waals surface area (Å²) in [7, 11) is 0. The first-order valence-corrected chi connectivity index (χ1v) is 15.8. The van der Waals surface area contributed by atoms with E-state index in [0.717, 1.165) is 63.0 Å². The van der Waals surface area contributed by atoms with Gasteiger partial charge in [-0.1, -0.05) is 89.8 Å². The molecule has 0 aliphatic heterocycles. The number of benzene rings is 4. The van der Waals surface area contributed by atoms with E-state index in [2.05, 4.69) is 96.8 Å². The predicted molar refractivity (Wildman–Crippen MR) is 191 cm³/mol. The first-order valence-electron chi connectivity index (χ1n) is 15.8. The molecule has 4 nitrogen and oxygen atoms in total. The van der Waals surface area contributed by atoms with Crippen molar-refractivity contribution in [3.05, 3.63) is 174 Å². The largest absolute Gasteiger partial charge is 0.486 e. The van der Waals surface area contributed by atoms with Crippen LogP contribution in [0.3, 0.4) is 0 Å². The average Bonchev–Trinajstić information content (AvgIpc) is 3.51. The van der Waals surface area contributed by atoms with Crippen LogP contribution in [0, 0.1) is 26.0 Å². The van der Waals surface area contributed by atoms with Crippen molar-refractivity contribution in [2.45, 2.75) is 26.7 Å². The molecule has 48 heavy (non-hydrogen) atoms. The van der Waals surface area contributed by atoms with E-state index in [0.29, 0.717) is 5.71 Å². The molecule has 0 aliphatic rings. The van der Waals surface area contributed by atoms with Gasteiger partial charge in [-0.2, -0.15) is 0 Å².